The van der Waals surface area contributed by atoms with Gasteiger partial charge in [0.2, 0.25) is 0 Å². The molecule has 0 aliphatic rings. The number of carbonyl (C=O) groups is 1. The number of rotatable bonds is 5. The fourth-order valence-electron chi connectivity index (χ4n) is 1.18. The molecule has 4 N–H and O–H groups in total. The minimum Gasteiger partial charge on any atom is -0.503 e. The predicted octanol–water partition coefficient (Wildman–Crippen LogP) is 0.855. The lowest BCUT2D eigenvalue weighted by molar-refractivity contribution is 0.157. The lowest BCUT2D eigenvalue weighted by Crippen LogP contribution is -2.23. The van der Waals surface area contributed by atoms with Crippen molar-refractivity contribution in [3.63, 3.8) is 0 Å². The van der Waals surface area contributed by atoms with Crippen molar-refractivity contribution >= 4 is 6.09 Å². The molecule has 0 aliphatic heterocycles. The fourth-order valence-corrected chi connectivity index (χ4v) is 1.18. The van der Waals surface area contributed by atoms with E-state index >= 15 is 0 Å². The van der Waals surface area contributed by atoms with E-state index in [2.05, 4.69) is 10.1 Å². The largest absolute Gasteiger partial charge is 0.503 e. The number of hydrogen-bond acceptors (Lipinski definition) is 4. The summed E-state index contributed by atoms with van der Waals surface area (Å²) < 4.78 is 30.3. The molecule has 5 nitrogen and oxygen atoms in total. The molecule has 0 fully saturated rings. The van der Waals surface area contributed by atoms with Crippen LogP contribution in [-0.4, -0.2) is 24.4 Å². The van der Waals surface area contributed by atoms with E-state index in [0.717, 1.165) is 12.1 Å². The molecule has 0 aromatic heterocycles. The summed E-state index contributed by atoms with van der Waals surface area (Å²) in [4.78, 5) is 10.2. The summed E-state index contributed by atoms with van der Waals surface area (Å²) in [7, 11) is 0. The number of aromatic hydroxyl groups is 1. The van der Waals surface area contributed by atoms with Crippen LogP contribution in [0.4, 0.5) is 13.6 Å². The SMILES string of the molecule is NC(=O)OCCNCc1cc(F)c(O)c(F)c1. The normalized spacial score (nSPS) is 10.2. The lowest BCUT2D eigenvalue weighted by atomic mass is 10.2. The van der Waals surface area contributed by atoms with Gasteiger partial charge in [0.15, 0.2) is 17.4 Å². The first kappa shape index (κ1) is 13.2. The Hall–Kier alpha value is -1.89. The van der Waals surface area contributed by atoms with Crippen molar-refractivity contribution in [1.82, 2.24) is 5.32 Å². The zero-order valence-corrected chi connectivity index (χ0v) is 8.87. The van der Waals surface area contributed by atoms with Crippen LogP contribution in [0, 0.1) is 11.6 Å². The van der Waals surface area contributed by atoms with Crippen molar-refractivity contribution in [3.05, 3.63) is 29.3 Å². The number of halogens is 2. The number of amides is 1. The zero-order valence-electron chi connectivity index (χ0n) is 8.87. The van der Waals surface area contributed by atoms with Gasteiger partial charge in [-0.25, -0.2) is 13.6 Å². The van der Waals surface area contributed by atoms with Crippen molar-refractivity contribution in [2.75, 3.05) is 13.2 Å². The molecule has 1 rings (SSSR count). The van der Waals surface area contributed by atoms with Gasteiger partial charge in [-0.15, -0.1) is 0 Å². The highest BCUT2D eigenvalue weighted by molar-refractivity contribution is 5.64. The second kappa shape index (κ2) is 6.00. The number of nitrogens with one attached hydrogen (secondary N) is 1. The second-order valence-electron chi connectivity index (χ2n) is 3.25. The molecule has 94 valence electrons. The topological polar surface area (TPSA) is 84.6 Å². The molecule has 0 aliphatic carbocycles. The Bertz CT molecular complexity index is 390. The van der Waals surface area contributed by atoms with Crippen LogP contribution in [0.3, 0.4) is 0 Å². The van der Waals surface area contributed by atoms with E-state index in [-0.39, 0.29) is 13.2 Å². The van der Waals surface area contributed by atoms with Gasteiger partial charge in [-0.05, 0) is 17.7 Å². The Morgan fingerprint density at radius 3 is 2.53 bits per heavy atom. The Labute approximate surface area is 96.2 Å². The summed E-state index contributed by atoms with van der Waals surface area (Å²) in [5.74, 6) is -3.03. The molecule has 1 aromatic carbocycles. The van der Waals surface area contributed by atoms with Gasteiger partial charge in [0.25, 0.3) is 0 Å². The number of primary amides is 1. The van der Waals surface area contributed by atoms with Gasteiger partial charge in [-0.1, -0.05) is 0 Å². The molecular formula is C10H12F2N2O3. The highest BCUT2D eigenvalue weighted by atomic mass is 19.1. The summed E-state index contributed by atoms with van der Waals surface area (Å²) in [6.45, 7) is 0.543. The molecule has 0 saturated heterocycles. The molecule has 1 aromatic rings. The molecule has 0 saturated carbocycles. The number of ether oxygens (including phenoxy) is 1. The van der Waals surface area contributed by atoms with Crippen LogP contribution in [0.15, 0.2) is 12.1 Å². The maximum Gasteiger partial charge on any atom is 0.404 e. The molecule has 0 bridgehead atoms. The average molecular weight is 246 g/mol. The summed E-state index contributed by atoms with van der Waals surface area (Å²) in [5, 5.41) is 11.6. The van der Waals surface area contributed by atoms with Gasteiger partial charge in [0.05, 0.1) is 0 Å². The van der Waals surface area contributed by atoms with Crippen molar-refractivity contribution in [2.45, 2.75) is 6.54 Å². The van der Waals surface area contributed by atoms with E-state index in [1.54, 1.807) is 0 Å². The van der Waals surface area contributed by atoms with Crippen LogP contribution in [-0.2, 0) is 11.3 Å². The van der Waals surface area contributed by atoms with Crippen molar-refractivity contribution in [2.24, 2.45) is 5.73 Å². The smallest absolute Gasteiger partial charge is 0.404 e. The fraction of sp³-hybridized carbons (Fsp3) is 0.300. The van der Waals surface area contributed by atoms with Gasteiger partial charge >= 0.3 is 6.09 Å². The third-order valence-electron chi connectivity index (χ3n) is 1.93. The molecule has 0 heterocycles. The van der Waals surface area contributed by atoms with Crippen molar-refractivity contribution in [1.29, 1.82) is 0 Å². The third-order valence-corrected chi connectivity index (χ3v) is 1.93. The molecule has 0 unspecified atom stereocenters. The number of hydrogen-bond donors (Lipinski definition) is 3. The molecule has 0 spiro atoms. The standard InChI is InChI=1S/C10H12F2N2O3/c11-7-3-6(4-8(12)9(7)15)5-14-1-2-17-10(13)16/h3-4,14-15H,1-2,5H2,(H2,13,16). The number of phenolic OH excluding ortho intramolecular Hbond substituents is 1. The number of carbonyl (C=O) groups excluding carboxylic acids is 1. The van der Waals surface area contributed by atoms with E-state index in [1.807, 2.05) is 0 Å². The molecule has 0 atom stereocenters. The maximum atomic E-state index is 12.9. The van der Waals surface area contributed by atoms with Crippen LogP contribution in [0.2, 0.25) is 0 Å². The predicted molar refractivity (Wildman–Crippen MR) is 55.3 cm³/mol. The van der Waals surface area contributed by atoms with Gasteiger partial charge < -0.3 is 20.9 Å². The number of phenols is 1. The quantitative estimate of drug-likeness (QED) is 0.672. The molecule has 17 heavy (non-hydrogen) atoms. The summed E-state index contributed by atoms with van der Waals surface area (Å²) in [6.07, 6.45) is -0.881. The average Bonchev–Trinajstić information content (AvgIpc) is 2.25. The van der Waals surface area contributed by atoms with E-state index in [0.29, 0.717) is 12.1 Å². The Kier molecular flexibility index (Phi) is 4.65. The monoisotopic (exact) mass is 246 g/mol. The lowest BCUT2D eigenvalue weighted by Gasteiger charge is -2.06. The molecular weight excluding hydrogens is 234 g/mol. The molecule has 7 heteroatoms. The van der Waals surface area contributed by atoms with Gasteiger partial charge in [-0.2, -0.15) is 0 Å². The zero-order chi connectivity index (χ0) is 12.8. The van der Waals surface area contributed by atoms with Crippen LogP contribution < -0.4 is 11.1 Å². The minimum absolute atomic E-state index is 0.0678. The highest BCUT2D eigenvalue weighted by Gasteiger charge is 2.08. The van der Waals surface area contributed by atoms with E-state index in [4.69, 9.17) is 10.8 Å². The highest BCUT2D eigenvalue weighted by Crippen LogP contribution is 2.21. The van der Waals surface area contributed by atoms with Crippen molar-refractivity contribution in [3.8, 4) is 5.75 Å². The number of nitrogens with two attached hydrogens (primary N) is 1. The van der Waals surface area contributed by atoms with Crippen LogP contribution in [0.1, 0.15) is 5.56 Å². The summed E-state index contributed by atoms with van der Waals surface area (Å²) in [5.41, 5.74) is 5.06. The van der Waals surface area contributed by atoms with E-state index < -0.39 is 23.5 Å². The first-order valence-electron chi connectivity index (χ1n) is 4.80. The Morgan fingerprint density at radius 1 is 1.41 bits per heavy atom. The minimum atomic E-state index is -1.02. The number of benzene rings is 1. The summed E-state index contributed by atoms with van der Waals surface area (Å²) in [6, 6.07) is 2.03. The van der Waals surface area contributed by atoms with Crippen LogP contribution >= 0.6 is 0 Å². The molecule has 0 radical (unpaired) electrons. The first-order valence-corrected chi connectivity index (χ1v) is 4.80. The van der Waals surface area contributed by atoms with Gasteiger partial charge in [-0.3, -0.25) is 0 Å². The Balaban J connectivity index is 2.39. The maximum absolute atomic E-state index is 12.9. The van der Waals surface area contributed by atoms with Crippen LogP contribution in [0.25, 0.3) is 0 Å². The first-order chi connectivity index (χ1) is 8.00. The van der Waals surface area contributed by atoms with Crippen molar-refractivity contribution < 1.29 is 23.4 Å². The second-order valence-corrected chi connectivity index (χ2v) is 3.25. The van der Waals surface area contributed by atoms with Gasteiger partial charge in [0, 0.05) is 13.1 Å². The summed E-state index contributed by atoms with van der Waals surface area (Å²) >= 11 is 0. The Morgan fingerprint density at radius 2 is 2.00 bits per heavy atom. The molecule has 1 amide bonds. The third kappa shape index (κ3) is 4.23. The van der Waals surface area contributed by atoms with E-state index in [1.165, 1.54) is 0 Å². The van der Waals surface area contributed by atoms with Gasteiger partial charge in [0.1, 0.15) is 6.61 Å². The van der Waals surface area contributed by atoms with E-state index in [9.17, 15) is 13.6 Å². The van der Waals surface area contributed by atoms with Crippen LogP contribution in [0.5, 0.6) is 5.75 Å².